The number of benzene rings is 3. The van der Waals surface area contributed by atoms with E-state index in [1.165, 1.54) is 16.7 Å². The van der Waals surface area contributed by atoms with Gasteiger partial charge in [0, 0.05) is 5.02 Å². The fourth-order valence-corrected chi connectivity index (χ4v) is 5.61. The number of hydrogen-bond acceptors (Lipinski definition) is 6. The van der Waals surface area contributed by atoms with E-state index in [4.69, 9.17) is 38.0 Å². The van der Waals surface area contributed by atoms with Crippen LogP contribution in [0.4, 0.5) is 5.69 Å². The zero-order chi connectivity index (χ0) is 24.9. The highest BCUT2D eigenvalue weighted by Gasteiger charge is 2.33. The van der Waals surface area contributed by atoms with Crippen molar-refractivity contribution in [2.45, 2.75) is 13.5 Å². The highest BCUT2D eigenvalue weighted by molar-refractivity contribution is 14.1. The van der Waals surface area contributed by atoms with E-state index in [1.807, 2.05) is 73.7 Å². The lowest BCUT2D eigenvalue weighted by atomic mass is 10.1. The third-order valence-corrected chi connectivity index (χ3v) is 7.40. The van der Waals surface area contributed by atoms with E-state index < -0.39 is 0 Å². The second kappa shape index (κ2) is 11.6. The number of carbonyl (C=O) groups is 1. The molecule has 9 heteroatoms. The minimum absolute atomic E-state index is 0.166. The van der Waals surface area contributed by atoms with Gasteiger partial charge in [-0.1, -0.05) is 47.7 Å². The Labute approximate surface area is 232 Å². The minimum atomic E-state index is -0.166. The van der Waals surface area contributed by atoms with Crippen molar-refractivity contribution < 1.29 is 19.0 Å². The molecule has 0 aromatic heterocycles. The van der Waals surface area contributed by atoms with Crippen LogP contribution in [0.1, 0.15) is 18.1 Å². The van der Waals surface area contributed by atoms with Gasteiger partial charge in [0.15, 0.2) is 15.8 Å². The summed E-state index contributed by atoms with van der Waals surface area (Å²) in [7, 11) is 1.59. The molecule has 0 bridgehead atoms. The molecule has 3 aromatic carbocycles. The maximum atomic E-state index is 13.2. The van der Waals surface area contributed by atoms with Gasteiger partial charge in [-0.15, -0.1) is 0 Å². The number of anilines is 1. The molecule has 1 saturated heterocycles. The molecule has 4 rings (SSSR count). The van der Waals surface area contributed by atoms with Crippen LogP contribution in [0.25, 0.3) is 6.08 Å². The first-order valence-electron chi connectivity index (χ1n) is 10.6. The highest BCUT2D eigenvalue weighted by atomic mass is 127. The van der Waals surface area contributed by atoms with E-state index in [2.05, 4.69) is 22.6 Å². The highest BCUT2D eigenvalue weighted by Crippen LogP contribution is 2.39. The quantitative estimate of drug-likeness (QED) is 0.146. The van der Waals surface area contributed by atoms with Gasteiger partial charge in [0.1, 0.15) is 12.4 Å². The van der Waals surface area contributed by atoms with Gasteiger partial charge < -0.3 is 14.2 Å². The van der Waals surface area contributed by atoms with Gasteiger partial charge in [-0.05, 0) is 95.2 Å². The Morgan fingerprint density at radius 1 is 1.09 bits per heavy atom. The van der Waals surface area contributed by atoms with Crippen molar-refractivity contribution >= 4 is 80.2 Å². The van der Waals surface area contributed by atoms with Crippen LogP contribution in [0.3, 0.4) is 0 Å². The van der Waals surface area contributed by atoms with Crippen LogP contribution in [0.5, 0.6) is 17.2 Å². The summed E-state index contributed by atoms with van der Waals surface area (Å²) in [6.45, 7) is 2.88. The number of thiocarbonyl (C=S) groups is 1. The topological polar surface area (TPSA) is 48.0 Å². The first-order chi connectivity index (χ1) is 16.9. The Bertz CT molecular complexity index is 1280. The summed E-state index contributed by atoms with van der Waals surface area (Å²) in [5.74, 6) is 1.81. The maximum Gasteiger partial charge on any atom is 0.270 e. The molecule has 1 aliphatic rings. The Morgan fingerprint density at radius 3 is 2.46 bits per heavy atom. The Kier molecular flexibility index (Phi) is 8.59. The molecule has 0 saturated carbocycles. The molecule has 0 radical (unpaired) electrons. The fraction of sp³-hybridized carbons (Fsp3) is 0.154. The SMILES string of the molecule is CCOc1ccc(N2C(=O)/C(=C\c3cc(I)c(OCc4ccc(Cl)cc4)c(OC)c3)SC2=S)cc1. The lowest BCUT2D eigenvalue weighted by Crippen LogP contribution is -2.27. The Balaban J connectivity index is 1.54. The van der Waals surface area contributed by atoms with Crippen molar-refractivity contribution in [3.8, 4) is 17.2 Å². The molecule has 0 unspecified atom stereocenters. The second-order valence-electron chi connectivity index (χ2n) is 7.39. The molecular weight excluding hydrogens is 617 g/mol. The molecule has 180 valence electrons. The van der Waals surface area contributed by atoms with Gasteiger partial charge in [-0.3, -0.25) is 9.69 Å². The van der Waals surface area contributed by atoms with E-state index in [-0.39, 0.29) is 5.91 Å². The molecule has 0 aliphatic carbocycles. The lowest BCUT2D eigenvalue weighted by Gasteiger charge is -2.15. The van der Waals surface area contributed by atoms with Crippen LogP contribution >= 0.6 is 58.2 Å². The van der Waals surface area contributed by atoms with Crippen molar-refractivity contribution in [3.63, 3.8) is 0 Å². The van der Waals surface area contributed by atoms with Gasteiger partial charge in [0.25, 0.3) is 5.91 Å². The van der Waals surface area contributed by atoms with E-state index in [1.54, 1.807) is 7.11 Å². The Morgan fingerprint density at radius 2 is 1.80 bits per heavy atom. The molecule has 1 amide bonds. The van der Waals surface area contributed by atoms with Crippen molar-refractivity contribution in [2.24, 2.45) is 0 Å². The number of thioether (sulfide) groups is 1. The van der Waals surface area contributed by atoms with Crippen molar-refractivity contribution in [2.75, 3.05) is 18.6 Å². The Hall–Kier alpha value is -2.27. The number of halogens is 2. The molecule has 35 heavy (non-hydrogen) atoms. The summed E-state index contributed by atoms with van der Waals surface area (Å²) < 4.78 is 18.5. The van der Waals surface area contributed by atoms with E-state index in [9.17, 15) is 4.79 Å². The molecule has 3 aromatic rings. The number of ether oxygens (including phenoxy) is 3. The van der Waals surface area contributed by atoms with Gasteiger partial charge in [-0.2, -0.15) is 0 Å². The molecular formula is C26H21ClINO4S2. The smallest absolute Gasteiger partial charge is 0.270 e. The van der Waals surface area contributed by atoms with E-state index in [0.717, 1.165) is 20.4 Å². The standard InChI is InChI=1S/C26H21ClINO4S2/c1-3-32-20-10-8-19(9-11-20)29-25(30)23(35-26(29)34)14-17-12-21(28)24(22(13-17)31-2)33-15-16-4-6-18(27)7-5-16/h4-14H,3,15H2,1-2H3/b23-14+. The molecule has 5 nitrogen and oxygen atoms in total. The first kappa shape index (κ1) is 25.8. The van der Waals surface area contributed by atoms with Crippen molar-refractivity contribution in [1.82, 2.24) is 0 Å². The monoisotopic (exact) mass is 637 g/mol. The third-order valence-electron chi connectivity index (χ3n) is 5.05. The summed E-state index contributed by atoms with van der Waals surface area (Å²) in [5.41, 5.74) is 2.52. The van der Waals surface area contributed by atoms with Gasteiger partial charge in [0.2, 0.25) is 0 Å². The summed E-state index contributed by atoms with van der Waals surface area (Å²) in [6, 6.07) is 18.6. The summed E-state index contributed by atoms with van der Waals surface area (Å²) in [5, 5.41) is 0.679. The lowest BCUT2D eigenvalue weighted by molar-refractivity contribution is -0.113. The minimum Gasteiger partial charge on any atom is -0.494 e. The number of carbonyl (C=O) groups excluding carboxylic acids is 1. The first-order valence-corrected chi connectivity index (χ1v) is 13.3. The van der Waals surface area contributed by atoms with Crippen LogP contribution in [0, 0.1) is 3.57 Å². The van der Waals surface area contributed by atoms with Crippen LogP contribution in [0.2, 0.25) is 5.02 Å². The fourth-order valence-electron chi connectivity index (χ4n) is 3.40. The van der Waals surface area contributed by atoms with Gasteiger partial charge in [0.05, 0.1) is 27.9 Å². The molecule has 0 atom stereocenters. The van der Waals surface area contributed by atoms with Crippen LogP contribution in [0.15, 0.2) is 65.6 Å². The number of amides is 1. The summed E-state index contributed by atoms with van der Waals surface area (Å²) in [6.07, 6.45) is 1.82. The number of hydrogen-bond donors (Lipinski definition) is 0. The second-order valence-corrected chi connectivity index (χ2v) is 10.7. The zero-order valence-electron chi connectivity index (χ0n) is 18.9. The summed E-state index contributed by atoms with van der Waals surface area (Å²) >= 11 is 14.9. The van der Waals surface area contributed by atoms with Crippen LogP contribution in [-0.4, -0.2) is 23.9 Å². The molecule has 0 N–H and O–H groups in total. The van der Waals surface area contributed by atoms with Crippen molar-refractivity contribution in [3.05, 3.63) is 85.3 Å². The van der Waals surface area contributed by atoms with Gasteiger partial charge >= 0.3 is 0 Å². The van der Waals surface area contributed by atoms with E-state index >= 15 is 0 Å². The van der Waals surface area contributed by atoms with E-state index in [0.29, 0.717) is 44.6 Å². The predicted octanol–water partition coefficient (Wildman–Crippen LogP) is 7.34. The largest absolute Gasteiger partial charge is 0.494 e. The number of rotatable bonds is 8. The summed E-state index contributed by atoms with van der Waals surface area (Å²) in [4.78, 5) is 15.2. The number of nitrogens with zero attached hydrogens (tertiary/aromatic N) is 1. The average molecular weight is 638 g/mol. The predicted molar refractivity (Wildman–Crippen MR) is 155 cm³/mol. The maximum absolute atomic E-state index is 13.2. The molecule has 1 aliphatic heterocycles. The number of methoxy groups -OCH3 is 1. The normalized spacial score (nSPS) is 14.5. The molecule has 1 heterocycles. The zero-order valence-corrected chi connectivity index (χ0v) is 23.5. The van der Waals surface area contributed by atoms with Gasteiger partial charge in [-0.25, -0.2) is 0 Å². The molecule has 0 spiro atoms. The van der Waals surface area contributed by atoms with Crippen LogP contribution < -0.4 is 19.1 Å². The van der Waals surface area contributed by atoms with Crippen LogP contribution in [-0.2, 0) is 11.4 Å². The average Bonchev–Trinajstić information content (AvgIpc) is 3.12. The molecule has 1 fully saturated rings. The third kappa shape index (κ3) is 6.11. The van der Waals surface area contributed by atoms with Crippen molar-refractivity contribution in [1.29, 1.82) is 0 Å².